The summed E-state index contributed by atoms with van der Waals surface area (Å²) in [5, 5.41) is 4.53. The van der Waals surface area contributed by atoms with Crippen molar-refractivity contribution in [1.82, 2.24) is 19.6 Å². The minimum atomic E-state index is 0.0186. The van der Waals surface area contributed by atoms with Crippen LogP contribution in [0.1, 0.15) is 24.7 Å². The highest BCUT2D eigenvalue weighted by atomic mass is 35.5. The first-order valence-corrected chi connectivity index (χ1v) is 9.65. The Morgan fingerprint density at radius 3 is 2.80 bits per heavy atom. The fourth-order valence-electron chi connectivity index (χ4n) is 2.80. The highest BCUT2D eigenvalue weighted by molar-refractivity contribution is 7.09. The number of urea groups is 1. The fraction of sp³-hybridized carbons (Fsp3) is 0.471. The summed E-state index contributed by atoms with van der Waals surface area (Å²) in [6.07, 6.45) is 1.63. The summed E-state index contributed by atoms with van der Waals surface area (Å²) < 4.78 is 4.49. The lowest BCUT2D eigenvalue weighted by Crippen LogP contribution is -2.41. The first-order chi connectivity index (χ1) is 12.2. The number of halogens is 1. The molecule has 2 aromatic rings. The van der Waals surface area contributed by atoms with E-state index in [2.05, 4.69) is 19.6 Å². The first-order valence-electron chi connectivity index (χ1n) is 8.50. The number of benzene rings is 1. The minimum absolute atomic E-state index is 0.0186. The third-order valence-electron chi connectivity index (χ3n) is 4.11. The molecule has 0 saturated carbocycles. The van der Waals surface area contributed by atoms with E-state index in [1.54, 1.807) is 0 Å². The zero-order valence-corrected chi connectivity index (χ0v) is 15.8. The third-order valence-corrected chi connectivity index (χ3v) is 5.18. The summed E-state index contributed by atoms with van der Waals surface area (Å²) >= 11 is 7.35. The van der Waals surface area contributed by atoms with Gasteiger partial charge in [0.15, 0.2) is 0 Å². The van der Waals surface area contributed by atoms with E-state index in [0.29, 0.717) is 19.5 Å². The van der Waals surface area contributed by atoms with Crippen molar-refractivity contribution in [3.63, 3.8) is 0 Å². The molecule has 3 rings (SSSR count). The molecule has 134 valence electrons. The van der Waals surface area contributed by atoms with Crippen LogP contribution in [0.2, 0.25) is 5.02 Å². The number of hydrogen-bond donors (Lipinski definition) is 1. The molecule has 0 atom stereocenters. The molecule has 1 aromatic carbocycles. The predicted molar refractivity (Wildman–Crippen MR) is 102 cm³/mol. The molecule has 0 unspecified atom stereocenters. The number of aromatic nitrogens is 2. The molecule has 1 aromatic heterocycles. The summed E-state index contributed by atoms with van der Waals surface area (Å²) in [6, 6.07) is 7.78. The van der Waals surface area contributed by atoms with Gasteiger partial charge in [-0.15, -0.1) is 0 Å². The van der Waals surface area contributed by atoms with Gasteiger partial charge in [-0.05, 0) is 31.0 Å². The Hall–Kier alpha value is -1.86. The van der Waals surface area contributed by atoms with Crippen molar-refractivity contribution in [1.29, 1.82) is 0 Å². The Morgan fingerprint density at radius 2 is 2.04 bits per heavy atom. The standard InChI is InChI=1S/C17H22ClN5OS/c1-2-19-16(24)22-8-3-9-23(11-10-22)17-20-15(21-25-17)12-13-4-6-14(18)7-5-13/h4-7H,2-3,8-12H2,1H3,(H,19,24). The second-order valence-corrected chi connectivity index (χ2v) is 7.13. The Kier molecular flexibility index (Phi) is 6.09. The van der Waals surface area contributed by atoms with Crippen molar-refractivity contribution in [3.8, 4) is 0 Å². The van der Waals surface area contributed by atoms with Gasteiger partial charge in [0.05, 0.1) is 0 Å². The van der Waals surface area contributed by atoms with Crippen LogP contribution in [0.15, 0.2) is 24.3 Å². The molecule has 2 heterocycles. The lowest BCUT2D eigenvalue weighted by molar-refractivity contribution is 0.202. The van der Waals surface area contributed by atoms with Crippen LogP contribution in [0, 0.1) is 0 Å². The molecule has 1 fully saturated rings. The van der Waals surface area contributed by atoms with Crippen LogP contribution in [0.5, 0.6) is 0 Å². The van der Waals surface area contributed by atoms with Crippen molar-refractivity contribution in [2.24, 2.45) is 0 Å². The van der Waals surface area contributed by atoms with Crippen molar-refractivity contribution < 1.29 is 4.79 Å². The van der Waals surface area contributed by atoms with Gasteiger partial charge in [0.2, 0.25) is 5.13 Å². The van der Waals surface area contributed by atoms with Crippen LogP contribution in [-0.4, -0.2) is 53.0 Å². The molecule has 6 nitrogen and oxygen atoms in total. The molecule has 0 aliphatic carbocycles. The molecule has 0 radical (unpaired) electrons. The zero-order valence-electron chi connectivity index (χ0n) is 14.2. The van der Waals surface area contributed by atoms with Gasteiger partial charge in [0.1, 0.15) is 5.82 Å². The Balaban J connectivity index is 1.60. The van der Waals surface area contributed by atoms with E-state index in [9.17, 15) is 4.79 Å². The maximum Gasteiger partial charge on any atom is 0.317 e. The van der Waals surface area contributed by atoms with E-state index >= 15 is 0 Å². The first kappa shape index (κ1) is 17.9. The van der Waals surface area contributed by atoms with E-state index in [4.69, 9.17) is 11.6 Å². The molecule has 0 spiro atoms. The molecule has 1 N–H and O–H groups in total. The molecule has 1 aliphatic rings. The summed E-state index contributed by atoms with van der Waals surface area (Å²) in [6.45, 7) is 5.75. The van der Waals surface area contributed by atoms with E-state index in [-0.39, 0.29) is 6.03 Å². The highest BCUT2D eigenvalue weighted by Crippen LogP contribution is 2.21. The zero-order chi connectivity index (χ0) is 17.6. The number of nitrogens with one attached hydrogen (secondary N) is 1. The summed E-state index contributed by atoms with van der Waals surface area (Å²) in [5.41, 5.74) is 1.15. The molecular formula is C17H22ClN5OS. The van der Waals surface area contributed by atoms with Crippen molar-refractivity contribution in [2.75, 3.05) is 37.6 Å². The average molecular weight is 380 g/mol. The number of rotatable bonds is 4. The van der Waals surface area contributed by atoms with E-state index < -0.39 is 0 Å². The van der Waals surface area contributed by atoms with Gasteiger partial charge in [-0.2, -0.15) is 4.37 Å². The van der Waals surface area contributed by atoms with Crippen molar-refractivity contribution in [2.45, 2.75) is 19.8 Å². The van der Waals surface area contributed by atoms with Crippen LogP contribution in [0.3, 0.4) is 0 Å². The summed E-state index contributed by atoms with van der Waals surface area (Å²) in [7, 11) is 0. The monoisotopic (exact) mass is 379 g/mol. The van der Waals surface area contributed by atoms with Crippen LogP contribution in [0.4, 0.5) is 9.93 Å². The Labute approximate surface area is 157 Å². The van der Waals surface area contributed by atoms with Gasteiger partial charge in [-0.3, -0.25) is 0 Å². The lowest BCUT2D eigenvalue weighted by atomic mass is 10.1. The second kappa shape index (κ2) is 8.49. The van der Waals surface area contributed by atoms with Crippen LogP contribution in [-0.2, 0) is 6.42 Å². The second-order valence-electron chi connectivity index (χ2n) is 5.96. The normalized spacial score (nSPS) is 15.1. The number of carbonyl (C=O) groups excluding carboxylic acids is 1. The maximum absolute atomic E-state index is 12.0. The topological polar surface area (TPSA) is 61.4 Å². The molecule has 1 aliphatic heterocycles. The summed E-state index contributed by atoms with van der Waals surface area (Å²) in [5.74, 6) is 0.826. The maximum atomic E-state index is 12.0. The van der Waals surface area contributed by atoms with Crippen molar-refractivity contribution >= 4 is 34.3 Å². The van der Waals surface area contributed by atoms with Gasteiger partial charge >= 0.3 is 6.03 Å². The third kappa shape index (κ3) is 4.83. The van der Waals surface area contributed by atoms with Crippen LogP contribution < -0.4 is 10.2 Å². The largest absolute Gasteiger partial charge is 0.345 e. The number of anilines is 1. The molecule has 2 amide bonds. The Bertz CT molecular complexity index is 705. The van der Waals surface area contributed by atoms with E-state index in [0.717, 1.165) is 47.6 Å². The minimum Gasteiger partial charge on any atom is -0.345 e. The molecule has 1 saturated heterocycles. The quantitative estimate of drug-likeness (QED) is 0.886. The van der Waals surface area contributed by atoms with Gasteiger partial charge < -0.3 is 15.1 Å². The van der Waals surface area contributed by atoms with Gasteiger partial charge in [0.25, 0.3) is 0 Å². The van der Waals surface area contributed by atoms with E-state index in [1.807, 2.05) is 36.1 Å². The summed E-state index contributed by atoms with van der Waals surface area (Å²) in [4.78, 5) is 20.8. The number of nitrogens with zero attached hydrogens (tertiary/aromatic N) is 4. The van der Waals surface area contributed by atoms with Crippen LogP contribution >= 0.6 is 23.1 Å². The number of carbonyl (C=O) groups is 1. The van der Waals surface area contributed by atoms with Crippen LogP contribution in [0.25, 0.3) is 0 Å². The average Bonchev–Trinajstić information content (AvgIpc) is 2.92. The van der Waals surface area contributed by atoms with Crippen molar-refractivity contribution in [3.05, 3.63) is 40.7 Å². The smallest absolute Gasteiger partial charge is 0.317 e. The number of hydrogen-bond acceptors (Lipinski definition) is 5. The number of amides is 2. The molecule has 0 bridgehead atoms. The SMILES string of the molecule is CCNC(=O)N1CCCN(c2nc(Cc3ccc(Cl)cc3)ns2)CC1. The van der Waals surface area contributed by atoms with Gasteiger partial charge in [-0.1, -0.05) is 23.7 Å². The highest BCUT2D eigenvalue weighted by Gasteiger charge is 2.20. The molecule has 8 heteroatoms. The van der Waals surface area contributed by atoms with E-state index in [1.165, 1.54) is 11.5 Å². The van der Waals surface area contributed by atoms with Gasteiger partial charge in [-0.25, -0.2) is 9.78 Å². The molecule has 25 heavy (non-hydrogen) atoms. The Morgan fingerprint density at radius 1 is 1.24 bits per heavy atom. The fourth-order valence-corrected chi connectivity index (χ4v) is 3.67. The van der Waals surface area contributed by atoms with Gasteiger partial charge in [0, 0.05) is 55.7 Å². The lowest BCUT2D eigenvalue weighted by Gasteiger charge is -2.21. The predicted octanol–water partition coefficient (Wildman–Crippen LogP) is 3.02. The molecular weight excluding hydrogens is 358 g/mol.